The summed E-state index contributed by atoms with van der Waals surface area (Å²) in [6, 6.07) is 4.05. The number of nitrogens with zero attached hydrogens (tertiary/aromatic N) is 1. The van der Waals surface area contributed by atoms with E-state index in [0.717, 1.165) is 32.5 Å². The zero-order valence-corrected chi connectivity index (χ0v) is 12.8. The lowest BCUT2D eigenvalue weighted by Gasteiger charge is -2.21. The number of hydrogen-bond donors (Lipinski definition) is 2. The first-order chi connectivity index (χ1) is 10.3. The highest BCUT2D eigenvalue weighted by Gasteiger charge is 2.18. The number of ether oxygens (including phenoxy) is 2. The topological polar surface area (TPSA) is 56.0 Å². The Bertz CT molecular complexity index is 382. The lowest BCUT2D eigenvalue weighted by molar-refractivity contribution is -0.915. The fourth-order valence-electron chi connectivity index (χ4n) is 2.63. The van der Waals surface area contributed by atoms with E-state index in [0.29, 0.717) is 19.8 Å². The predicted octanol–water partition coefficient (Wildman–Crippen LogP) is 0.0429. The van der Waals surface area contributed by atoms with Crippen molar-refractivity contribution in [2.75, 3.05) is 32.9 Å². The van der Waals surface area contributed by atoms with Gasteiger partial charge in [0.05, 0.1) is 25.9 Å². The van der Waals surface area contributed by atoms with Gasteiger partial charge < -0.3 is 19.5 Å². The van der Waals surface area contributed by atoms with Gasteiger partial charge in [-0.3, -0.25) is 4.98 Å². The molecule has 0 bridgehead atoms. The molecule has 1 aromatic heterocycles. The number of nitrogens with one attached hydrogen (secondary N) is 1. The molecule has 0 aliphatic carbocycles. The van der Waals surface area contributed by atoms with E-state index in [1.807, 2.05) is 24.5 Å². The highest BCUT2D eigenvalue weighted by molar-refractivity contribution is 5.07. The number of quaternary nitrogens is 1. The van der Waals surface area contributed by atoms with Crippen LogP contribution in [-0.2, 0) is 16.0 Å². The first kappa shape index (κ1) is 16.4. The molecule has 2 N–H and O–H groups in total. The normalized spacial score (nSPS) is 21.3. The number of aliphatic hydroxyl groups is 1. The Morgan fingerprint density at radius 1 is 1.48 bits per heavy atom. The fraction of sp³-hybridized carbons (Fsp3) is 0.688. The van der Waals surface area contributed by atoms with E-state index >= 15 is 0 Å². The molecule has 1 aliphatic heterocycles. The Hall–Kier alpha value is -1.01. The second kappa shape index (κ2) is 9.10. The van der Waals surface area contributed by atoms with Crippen LogP contribution in [0.25, 0.3) is 0 Å². The Morgan fingerprint density at radius 3 is 2.95 bits per heavy atom. The lowest BCUT2D eigenvalue weighted by Crippen LogP contribution is -3.11. The molecule has 3 atom stereocenters. The Balaban J connectivity index is 1.65. The van der Waals surface area contributed by atoms with E-state index < -0.39 is 6.10 Å². The highest BCUT2D eigenvalue weighted by atomic mass is 16.5. The van der Waals surface area contributed by atoms with Gasteiger partial charge in [0.15, 0.2) is 0 Å². The average molecular weight is 295 g/mol. The molecule has 2 rings (SSSR count). The Labute approximate surface area is 126 Å². The maximum absolute atomic E-state index is 10.1. The van der Waals surface area contributed by atoms with Crippen LogP contribution >= 0.6 is 0 Å². The third-order valence-electron chi connectivity index (χ3n) is 3.87. The van der Waals surface area contributed by atoms with Gasteiger partial charge in [-0.15, -0.1) is 0 Å². The molecule has 0 radical (unpaired) electrons. The van der Waals surface area contributed by atoms with Gasteiger partial charge in [-0.2, -0.15) is 0 Å². The van der Waals surface area contributed by atoms with Gasteiger partial charge in [-0.05, 0) is 31.9 Å². The highest BCUT2D eigenvalue weighted by Crippen LogP contribution is 2.11. The van der Waals surface area contributed by atoms with Crippen molar-refractivity contribution in [3.63, 3.8) is 0 Å². The van der Waals surface area contributed by atoms with Crippen molar-refractivity contribution in [3.8, 4) is 0 Å². The minimum absolute atomic E-state index is 0.226. The Morgan fingerprint density at radius 2 is 2.29 bits per heavy atom. The first-order valence-corrected chi connectivity index (χ1v) is 7.87. The number of pyridine rings is 1. The Kier molecular flexibility index (Phi) is 7.09. The van der Waals surface area contributed by atoms with Gasteiger partial charge in [0.2, 0.25) is 0 Å². The minimum Gasteiger partial charge on any atom is -0.385 e. The van der Waals surface area contributed by atoms with Crippen molar-refractivity contribution >= 4 is 0 Å². The van der Waals surface area contributed by atoms with Crippen LogP contribution in [0.1, 0.15) is 25.3 Å². The van der Waals surface area contributed by atoms with Crippen molar-refractivity contribution in [1.82, 2.24) is 4.98 Å². The molecular weight excluding hydrogens is 268 g/mol. The minimum atomic E-state index is -0.428. The quantitative estimate of drug-likeness (QED) is 0.675. The molecule has 1 unspecified atom stereocenters. The second-order valence-corrected chi connectivity index (χ2v) is 5.67. The molecule has 1 saturated heterocycles. The summed E-state index contributed by atoms with van der Waals surface area (Å²) in [5.41, 5.74) is 1.24. The number of hydrogen-bond acceptors (Lipinski definition) is 4. The van der Waals surface area contributed by atoms with Crippen LogP contribution in [0.5, 0.6) is 0 Å². The number of aromatic nitrogens is 1. The molecule has 5 heteroatoms. The molecule has 0 aromatic carbocycles. The fourth-order valence-corrected chi connectivity index (χ4v) is 2.63. The van der Waals surface area contributed by atoms with Crippen molar-refractivity contribution < 1.29 is 19.5 Å². The zero-order chi connectivity index (χ0) is 14.9. The largest absolute Gasteiger partial charge is 0.385 e. The van der Waals surface area contributed by atoms with Gasteiger partial charge in [-0.25, -0.2) is 0 Å². The van der Waals surface area contributed by atoms with Crippen LogP contribution in [0.15, 0.2) is 24.5 Å². The van der Waals surface area contributed by atoms with Crippen LogP contribution in [0.3, 0.4) is 0 Å². The maximum Gasteiger partial charge on any atom is 0.126 e. The van der Waals surface area contributed by atoms with E-state index in [2.05, 4.69) is 11.9 Å². The SMILES string of the molecule is CC[NH+](Cc1ccncc1)C[C@H](O)COC[C@@H]1CCCO1. The summed E-state index contributed by atoms with van der Waals surface area (Å²) in [5.74, 6) is 0. The monoisotopic (exact) mass is 295 g/mol. The molecule has 1 aromatic rings. The number of aliphatic hydroxyl groups excluding tert-OH is 1. The summed E-state index contributed by atoms with van der Waals surface area (Å²) in [6.07, 6.45) is 5.61. The van der Waals surface area contributed by atoms with E-state index in [1.54, 1.807) is 0 Å². The van der Waals surface area contributed by atoms with Crippen molar-refractivity contribution in [3.05, 3.63) is 30.1 Å². The summed E-state index contributed by atoms with van der Waals surface area (Å²) in [5, 5.41) is 10.1. The van der Waals surface area contributed by atoms with Crippen LogP contribution in [-0.4, -0.2) is 55.2 Å². The molecule has 0 saturated carbocycles. The predicted molar refractivity (Wildman–Crippen MR) is 80.1 cm³/mol. The summed E-state index contributed by atoms with van der Waals surface area (Å²) >= 11 is 0. The zero-order valence-electron chi connectivity index (χ0n) is 12.8. The maximum atomic E-state index is 10.1. The summed E-state index contributed by atoms with van der Waals surface area (Å²) in [4.78, 5) is 5.37. The smallest absolute Gasteiger partial charge is 0.126 e. The molecule has 1 aliphatic rings. The van der Waals surface area contributed by atoms with Crippen molar-refractivity contribution in [1.29, 1.82) is 0 Å². The van der Waals surface area contributed by atoms with E-state index in [9.17, 15) is 5.11 Å². The van der Waals surface area contributed by atoms with Crippen LogP contribution < -0.4 is 4.90 Å². The average Bonchev–Trinajstić information content (AvgIpc) is 3.01. The summed E-state index contributed by atoms with van der Waals surface area (Å²) in [6.45, 7) is 6.55. The lowest BCUT2D eigenvalue weighted by atomic mass is 10.2. The summed E-state index contributed by atoms with van der Waals surface area (Å²) < 4.78 is 11.1. The molecule has 2 heterocycles. The third kappa shape index (κ3) is 6.09. The van der Waals surface area contributed by atoms with Crippen molar-refractivity contribution in [2.24, 2.45) is 0 Å². The van der Waals surface area contributed by atoms with E-state index in [1.165, 1.54) is 10.5 Å². The summed E-state index contributed by atoms with van der Waals surface area (Å²) in [7, 11) is 0. The molecule has 118 valence electrons. The van der Waals surface area contributed by atoms with Gasteiger partial charge in [0, 0.05) is 24.6 Å². The van der Waals surface area contributed by atoms with Gasteiger partial charge >= 0.3 is 0 Å². The standard InChI is InChI=1S/C16H26N2O3/c1-2-18(10-14-5-7-17-8-6-14)11-15(19)12-20-13-16-4-3-9-21-16/h5-8,15-16,19H,2-4,9-13H2,1H3/p+1/t15-,16-/m0/s1. The molecule has 5 nitrogen and oxygen atoms in total. The molecule has 0 spiro atoms. The molecule has 1 fully saturated rings. The third-order valence-corrected chi connectivity index (χ3v) is 3.87. The van der Waals surface area contributed by atoms with E-state index in [-0.39, 0.29) is 6.10 Å². The van der Waals surface area contributed by atoms with Gasteiger partial charge in [0.1, 0.15) is 19.2 Å². The van der Waals surface area contributed by atoms with Gasteiger partial charge in [-0.1, -0.05) is 0 Å². The van der Waals surface area contributed by atoms with Crippen LogP contribution in [0.4, 0.5) is 0 Å². The molecular formula is C16H27N2O3+. The van der Waals surface area contributed by atoms with E-state index in [4.69, 9.17) is 9.47 Å². The molecule has 21 heavy (non-hydrogen) atoms. The van der Waals surface area contributed by atoms with Gasteiger partial charge in [0.25, 0.3) is 0 Å². The van der Waals surface area contributed by atoms with Crippen molar-refractivity contribution in [2.45, 2.75) is 38.5 Å². The first-order valence-electron chi connectivity index (χ1n) is 7.87. The molecule has 0 amide bonds. The number of likely N-dealkylation sites (N-methyl/N-ethyl adjacent to an activating group) is 1. The number of rotatable bonds is 9. The second-order valence-electron chi connectivity index (χ2n) is 5.67. The van der Waals surface area contributed by atoms with Crippen LogP contribution in [0, 0.1) is 0 Å². The van der Waals surface area contributed by atoms with Crippen LogP contribution in [0.2, 0.25) is 0 Å².